The van der Waals surface area contributed by atoms with E-state index in [0.717, 1.165) is 44.4 Å². The maximum absolute atomic E-state index is 13.2. The number of anilines is 3. The lowest BCUT2D eigenvalue weighted by molar-refractivity contribution is 0.591. The molecule has 0 bridgehead atoms. The van der Waals surface area contributed by atoms with Gasteiger partial charge in [0.05, 0.1) is 5.69 Å². The van der Waals surface area contributed by atoms with Gasteiger partial charge in [0, 0.05) is 51.3 Å². The molecule has 31 heavy (non-hydrogen) atoms. The van der Waals surface area contributed by atoms with Gasteiger partial charge in [-0.2, -0.15) is 0 Å². The first-order valence-corrected chi connectivity index (χ1v) is 11.8. The fourth-order valence-corrected chi connectivity index (χ4v) is 5.15. The molecule has 0 aliphatic carbocycles. The number of nitrogens with zero attached hydrogens (tertiary/aromatic N) is 6. The summed E-state index contributed by atoms with van der Waals surface area (Å²) in [6.07, 6.45) is 5.90. The molecule has 8 nitrogen and oxygen atoms in total. The first-order chi connectivity index (χ1) is 15.1. The number of pyridine rings is 1. The van der Waals surface area contributed by atoms with Crippen LogP contribution in [0.3, 0.4) is 0 Å². The van der Waals surface area contributed by atoms with Crippen molar-refractivity contribution in [1.82, 2.24) is 15.0 Å². The van der Waals surface area contributed by atoms with E-state index in [1.54, 1.807) is 36.7 Å². The Morgan fingerprint density at radius 1 is 0.871 bits per heavy atom. The lowest BCUT2D eigenvalue weighted by Crippen LogP contribution is -2.32. The average molecular weight is 439 g/mol. The van der Waals surface area contributed by atoms with Crippen molar-refractivity contribution in [1.29, 1.82) is 0 Å². The van der Waals surface area contributed by atoms with Gasteiger partial charge < -0.3 is 9.80 Å². The molecule has 1 aliphatic heterocycles. The van der Waals surface area contributed by atoms with Crippen LogP contribution in [0.15, 0.2) is 72.0 Å². The highest BCUT2D eigenvalue weighted by Gasteiger charge is 2.24. The van der Waals surface area contributed by atoms with Gasteiger partial charge in [0.1, 0.15) is 10.7 Å². The van der Waals surface area contributed by atoms with Crippen LogP contribution in [0.25, 0.3) is 0 Å². The molecule has 3 heterocycles. The Bertz CT molecular complexity index is 1080. The first kappa shape index (κ1) is 21.0. The first-order valence-electron chi connectivity index (χ1n) is 10.4. The summed E-state index contributed by atoms with van der Waals surface area (Å²) >= 11 is 0. The summed E-state index contributed by atoms with van der Waals surface area (Å²) in [7, 11) is -3.68. The van der Waals surface area contributed by atoms with Crippen LogP contribution in [0, 0.1) is 0 Å². The average Bonchev–Trinajstić information content (AvgIpc) is 3.07. The molecule has 1 aromatic carbocycles. The molecule has 1 aliphatic rings. The number of aromatic nitrogens is 3. The normalized spacial score (nSPS) is 14.9. The van der Waals surface area contributed by atoms with Crippen molar-refractivity contribution in [3.8, 4) is 0 Å². The molecule has 0 atom stereocenters. The summed E-state index contributed by atoms with van der Waals surface area (Å²) in [4.78, 5) is 17.7. The van der Waals surface area contributed by atoms with Crippen molar-refractivity contribution in [2.24, 2.45) is 0 Å². The van der Waals surface area contributed by atoms with Crippen molar-refractivity contribution in [2.75, 3.05) is 46.8 Å². The zero-order chi connectivity index (χ0) is 21.7. The van der Waals surface area contributed by atoms with Crippen LogP contribution in [-0.4, -0.2) is 56.1 Å². The number of sulfonamides is 1. The number of para-hydroxylation sites is 1. The van der Waals surface area contributed by atoms with E-state index >= 15 is 0 Å². The van der Waals surface area contributed by atoms with Crippen LogP contribution in [0.1, 0.15) is 13.3 Å². The van der Waals surface area contributed by atoms with Crippen LogP contribution >= 0.6 is 0 Å². The van der Waals surface area contributed by atoms with Gasteiger partial charge in [0.25, 0.3) is 10.0 Å². The van der Waals surface area contributed by atoms with Gasteiger partial charge in [-0.25, -0.2) is 23.4 Å². The van der Waals surface area contributed by atoms with Crippen LogP contribution < -0.4 is 14.1 Å². The minimum Gasteiger partial charge on any atom is -0.355 e. The van der Waals surface area contributed by atoms with E-state index in [-0.39, 0.29) is 4.90 Å². The van der Waals surface area contributed by atoms with Gasteiger partial charge in [0.15, 0.2) is 0 Å². The van der Waals surface area contributed by atoms with E-state index in [1.165, 1.54) is 10.5 Å². The molecule has 0 radical (unpaired) electrons. The van der Waals surface area contributed by atoms with E-state index < -0.39 is 10.0 Å². The summed E-state index contributed by atoms with van der Waals surface area (Å²) in [6.45, 7) is 5.43. The lowest BCUT2D eigenvalue weighted by Gasteiger charge is -2.24. The second-order valence-electron chi connectivity index (χ2n) is 7.23. The van der Waals surface area contributed by atoms with Crippen molar-refractivity contribution in [2.45, 2.75) is 18.2 Å². The Balaban J connectivity index is 1.49. The van der Waals surface area contributed by atoms with Gasteiger partial charge in [-0.15, -0.1) is 0 Å². The fourth-order valence-electron chi connectivity index (χ4n) is 3.73. The van der Waals surface area contributed by atoms with Crippen molar-refractivity contribution in [3.63, 3.8) is 0 Å². The summed E-state index contributed by atoms with van der Waals surface area (Å²) in [5.74, 6) is 1.51. The Morgan fingerprint density at radius 3 is 2.26 bits per heavy atom. The standard InChI is InChI=1S/C22H26N6O2S/c1-2-28(19-8-4-3-5-9-19)31(29,30)20-10-11-21(25-18-20)26-14-7-15-27(17-16-26)22-23-12-6-13-24-22/h3-6,8-13,18H,2,7,14-17H2,1H3. The predicted octanol–water partition coefficient (Wildman–Crippen LogP) is 2.80. The molecular formula is C22H26N6O2S. The van der Waals surface area contributed by atoms with E-state index in [2.05, 4.69) is 24.8 Å². The minimum absolute atomic E-state index is 0.191. The van der Waals surface area contributed by atoms with Crippen LogP contribution in [0.5, 0.6) is 0 Å². The third kappa shape index (κ3) is 4.61. The summed E-state index contributed by atoms with van der Waals surface area (Å²) in [6, 6.07) is 14.4. The highest BCUT2D eigenvalue weighted by atomic mass is 32.2. The maximum atomic E-state index is 13.2. The number of rotatable bonds is 6. The minimum atomic E-state index is -3.68. The number of hydrogen-bond donors (Lipinski definition) is 0. The Hall–Kier alpha value is -3.20. The van der Waals surface area contributed by atoms with Crippen LogP contribution in [-0.2, 0) is 10.0 Å². The highest BCUT2D eigenvalue weighted by Crippen LogP contribution is 2.24. The Kier molecular flexibility index (Phi) is 6.31. The molecule has 2 aromatic heterocycles. The zero-order valence-corrected chi connectivity index (χ0v) is 18.3. The van der Waals surface area contributed by atoms with Gasteiger partial charge >= 0.3 is 0 Å². The van der Waals surface area contributed by atoms with E-state index in [9.17, 15) is 8.42 Å². The molecule has 0 N–H and O–H groups in total. The molecule has 0 saturated carbocycles. The monoisotopic (exact) mass is 438 g/mol. The fraction of sp³-hybridized carbons (Fsp3) is 0.318. The third-order valence-corrected chi connectivity index (χ3v) is 7.18. The molecule has 162 valence electrons. The van der Waals surface area contributed by atoms with Gasteiger partial charge in [-0.3, -0.25) is 4.31 Å². The lowest BCUT2D eigenvalue weighted by atomic mass is 10.3. The molecule has 9 heteroatoms. The smallest absolute Gasteiger partial charge is 0.265 e. The highest BCUT2D eigenvalue weighted by molar-refractivity contribution is 7.92. The Morgan fingerprint density at radius 2 is 1.58 bits per heavy atom. The van der Waals surface area contributed by atoms with Crippen molar-refractivity contribution in [3.05, 3.63) is 67.1 Å². The summed E-state index contributed by atoms with van der Waals surface area (Å²) in [5.41, 5.74) is 0.643. The van der Waals surface area contributed by atoms with Gasteiger partial charge in [-0.1, -0.05) is 18.2 Å². The van der Waals surface area contributed by atoms with Gasteiger partial charge in [0.2, 0.25) is 5.95 Å². The Labute approximate surface area is 183 Å². The molecule has 0 amide bonds. The molecule has 0 unspecified atom stereocenters. The van der Waals surface area contributed by atoms with E-state index in [1.807, 2.05) is 31.2 Å². The maximum Gasteiger partial charge on any atom is 0.265 e. The van der Waals surface area contributed by atoms with Gasteiger partial charge in [-0.05, 0) is 43.7 Å². The summed E-state index contributed by atoms with van der Waals surface area (Å²) in [5, 5.41) is 0. The summed E-state index contributed by atoms with van der Waals surface area (Å²) < 4.78 is 27.7. The third-order valence-electron chi connectivity index (χ3n) is 5.29. The SMILES string of the molecule is CCN(c1ccccc1)S(=O)(=O)c1ccc(N2CCCN(c3ncccn3)CC2)nc1. The number of hydrogen-bond acceptors (Lipinski definition) is 7. The van der Waals surface area contributed by atoms with Crippen LogP contribution in [0.4, 0.5) is 17.5 Å². The zero-order valence-electron chi connectivity index (χ0n) is 17.5. The molecule has 0 spiro atoms. The van der Waals surface area contributed by atoms with Crippen molar-refractivity contribution < 1.29 is 8.42 Å². The van der Waals surface area contributed by atoms with E-state index in [4.69, 9.17) is 0 Å². The van der Waals surface area contributed by atoms with E-state index in [0.29, 0.717) is 12.2 Å². The second-order valence-corrected chi connectivity index (χ2v) is 9.10. The predicted molar refractivity (Wildman–Crippen MR) is 122 cm³/mol. The van der Waals surface area contributed by atoms with Crippen molar-refractivity contribution >= 4 is 27.5 Å². The largest absolute Gasteiger partial charge is 0.355 e. The quantitative estimate of drug-likeness (QED) is 0.585. The molecule has 4 rings (SSSR count). The molecule has 3 aromatic rings. The molecule has 1 fully saturated rings. The van der Waals surface area contributed by atoms with Crippen LogP contribution in [0.2, 0.25) is 0 Å². The second kappa shape index (κ2) is 9.30. The number of benzene rings is 1. The topological polar surface area (TPSA) is 82.5 Å². The molecule has 1 saturated heterocycles. The molecular weight excluding hydrogens is 412 g/mol.